The van der Waals surface area contributed by atoms with Gasteiger partial charge in [-0.15, -0.1) is 0 Å². The summed E-state index contributed by atoms with van der Waals surface area (Å²) in [5.74, 6) is -0.664. The molecule has 3 aromatic carbocycles. The Morgan fingerprint density at radius 3 is 2.35 bits per heavy atom. The van der Waals surface area contributed by atoms with Crippen molar-refractivity contribution in [3.8, 4) is 23.0 Å². The summed E-state index contributed by atoms with van der Waals surface area (Å²) in [7, 11) is 0. The standard InChI is InChI=1S/C26H25FO7/c1-2-31-26(30)11-9-18-8-10-24(23(27)14-18)33-16-19-12-21(32-17-25(28)29)15-22(13-19)34-20-6-4-3-5-7-20/h3-8,10,12-15H,2,9,11,16-17H2,1H3,(H,28,29). The average molecular weight is 468 g/mol. The van der Waals surface area contributed by atoms with Gasteiger partial charge in [-0.05, 0) is 60.9 Å². The van der Waals surface area contributed by atoms with Crippen molar-refractivity contribution in [1.82, 2.24) is 0 Å². The van der Waals surface area contributed by atoms with E-state index in [-0.39, 0.29) is 30.5 Å². The van der Waals surface area contributed by atoms with E-state index in [9.17, 15) is 14.0 Å². The molecule has 3 aromatic rings. The van der Waals surface area contributed by atoms with E-state index < -0.39 is 18.4 Å². The largest absolute Gasteiger partial charge is 0.486 e. The van der Waals surface area contributed by atoms with Crippen LogP contribution in [0.25, 0.3) is 0 Å². The molecular weight excluding hydrogens is 443 g/mol. The Morgan fingerprint density at radius 2 is 1.65 bits per heavy atom. The first kappa shape index (κ1) is 24.6. The highest BCUT2D eigenvalue weighted by atomic mass is 19.1. The van der Waals surface area contributed by atoms with Gasteiger partial charge in [0.05, 0.1) is 6.61 Å². The van der Waals surface area contributed by atoms with Crippen molar-refractivity contribution in [2.45, 2.75) is 26.4 Å². The number of benzene rings is 3. The van der Waals surface area contributed by atoms with Gasteiger partial charge in [-0.1, -0.05) is 24.3 Å². The van der Waals surface area contributed by atoms with Crippen LogP contribution in [0, 0.1) is 5.82 Å². The zero-order chi connectivity index (χ0) is 24.3. The van der Waals surface area contributed by atoms with Crippen LogP contribution in [0.4, 0.5) is 4.39 Å². The number of hydrogen-bond donors (Lipinski definition) is 1. The van der Waals surface area contributed by atoms with Gasteiger partial charge < -0.3 is 24.1 Å². The summed E-state index contributed by atoms with van der Waals surface area (Å²) in [4.78, 5) is 22.4. The maximum Gasteiger partial charge on any atom is 0.341 e. The second-order valence-corrected chi connectivity index (χ2v) is 7.27. The van der Waals surface area contributed by atoms with E-state index in [0.717, 1.165) is 0 Å². The molecule has 0 amide bonds. The minimum Gasteiger partial charge on any atom is -0.486 e. The minimum absolute atomic E-state index is 0.00544. The Balaban J connectivity index is 1.69. The number of ether oxygens (including phenoxy) is 4. The van der Waals surface area contributed by atoms with Gasteiger partial charge in [0.25, 0.3) is 0 Å². The van der Waals surface area contributed by atoms with Crippen molar-refractivity contribution in [2.75, 3.05) is 13.2 Å². The number of rotatable bonds is 12. The number of aliphatic carboxylic acids is 1. The molecule has 0 saturated heterocycles. The first-order chi connectivity index (χ1) is 16.4. The second-order valence-electron chi connectivity index (χ2n) is 7.27. The van der Waals surface area contributed by atoms with Crippen LogP contribution in [0.3, 0.4) is 0 Å². The summed E-state index contributed by atoms with van der Waals surface area (Å²) < 4.78 is 36.2. The van der Waals surface area contributed by atoms with Gasteiger partial charge in [0.15, 0.2) is 18.2 Å². The van der Waals surface area contributed by atoms with Gasteiger partial charge in [0, 0.05) is 12.5 Å². The molecule has 178 valence electrons. The van der Waals surface area contributed by atoms with Gasteiger partial charge in [-0.3, -0.25) is 4.79 Å². The SMILES string of the molecule is CCOC(=O)CCc1ccc(OCc2cc(OCC(=O)O)cc(Oc3ccccc3)c2)c(F)c1. The fourth-order valence-electron chi connectivity index (χ4n) is 3.08. The highest BCUT2D eigenvalue weighted by Gasteiger charge is 2.11. The van der Waals surface area contributed by atoms with E-state index in [4.69, 9.17) is 24.1 Å². The molecule has 0 spiro atoms. The molecule has 3 rings (SSSR count). The quantitative estimate of drug-likeness (QED) is 0.367. The highest BCUT2D eigenvalue weighted by Crippen LogP contribution is 2.29. The molecule has 1 N–H and O–H groups in total. The van der Waals surface area contributed by atoms with Gasteiger partial charge >= 0.3 is 11.9 Å². The van der Waals surface area contributed by atoms with Crippen LogP contribution in [0.5, 0.6) is 23.0 Å². The van der Waals surface area contributed by atoms with Crippen molar-refractivity contribution in [2.24, 2.45) is 0 Å². The lowest BCUT2D eigenvalue weighted by Crippen LogP contribution is -2.10. The molecule has 0 unspecified atom stereocenters. The van der Waals surface area contributed by atoms with E-state index in [1.165, 1.54) is 12.1 Å². The molecule has 0 heterocycles. The molecule has 0 atom stereocenters. The topological polar surface area (TPSA) is 91.3 Å². The monoisotopic (exact) mass is 468 g/mol. The van der Waals surface area contributed by atoms with Crippen LogP contribution in [0.2, 0.25) is 0 Å². The van der Waals surface area contributed by atoms with Crippen molar-refractivity contribution in [3.05, 3.63) is 83.7 Å². The smallest absolute Gasteiger partial charge is 0.341 e. The lowest BCUT2D eigenvalue weighted by molar-refractivity contribution is -0.143. The molecule has 7 nitrogen and oxygen atoms in total. The Bertz CT molecular complexity index is 1120. The van der Waals surface area contributed by atoms with Crippen molar-refractivity contribution in [1.29, 1.82) is 0 Å². The molecule has 34 heavy (non-hydrogen) atoms. The van der Waals surface area contributed by atoms with Crippen LogP contribution < -0.4 is 14.2 Å². The van der Waals surface area contributed by atoms with Gasteiger partial charge in [-0.25, -0.2) is 9.18 Å². The third kappa shape index (κ3) is 7.81. The van der Waals surface area contributed by atoms with E-state index in [0.29, 0.717) is 35.7 Å². The molecule has 0 aliphatic rings. The van der Waals surface area contributed by atoms with Crippen LogP contribution in [-0.4, -0.2) is 30.3 Å². The lowest BCUT2D eigenvalue weighted by Gasteiger charge is -2.13. The second kappa shape index (κ2) is 12.2. The van der Waals surface area contributed by atoms with Crippen molar-refractivity contribution in [3.63, 3.8) is 0 Å². The number of aryl methyl sites for hydroxylation is 1. The number of carbonyl (C=O) groups excluding carboxylic acids is 1. The first-order valence-electron chi connectivity index (χ1n) is 10.7. The van der Waals surface area contributed by atoms with Crippen LogP contribution in [0.15, 0.2) is 66.7 Å². The summed E-state index contributed by atoms with van der Waals surface area (Å²) in [5, 5.41) is 8.90. The number of carbonyl (C=O) groups is 2. The van der Waals surface area contributed by atoms with Gasteiger partial charge in [-0.2, -0.15) is 0 Å². The van der Waals surface area contributed by atoms with Gasteiger partial charge in [0.2, 0.25) is 0 Å². The molecule has 0 aliphatic heterocycles. The summed E-state index contributed by atoms with van der Waals surface area (Å²) in [6, 6.07) is 18.4. The summed E-state index contributed by atoms with van der Waals surface area (Å²) in [6.07, 6.45) is 0.528. The zero-order valence-corrected chi connectivity index (χ0v) is 18.7. The predicted octanol–water partition coefficient (Wildman–Crippen LogP) is 5.16. The maximum absolute atomic E-state index is 14.5. The maximum atomic E-state index is 14.5. The number of halogens is 1. The zero-order valence-electron chi connectivity index (χ0n) is 18.7. The molecule has 8 heteroatoms. The Labute approximate surface area is 196 Å². The summed E-state index contributed by atoms with van der Waals surface area (Å²) in [6.45, 7) is 1.51. The number of carboxylic acid groups (broad SMARTS) is 1. The molecule has 0 aliphatic carbocycles. The van der Waals surface area contributed by atoms with Crippen LogP contribution in [0.1, 0.15) is 24.5 Å². The van der Waals surface area contributed by atoms with E-state index in [2.05, 4.69) is 0 Å². The molecule has 0 radical (unpaired) electrons. The number of esters is 1. The van der Waals surface area contributed by atoms with E-state index in [1.807, 2.05) is 18.2 Å². The highest BCUT2D eigenvalue weighted by molar-refractivity contribution is 5.69. The van der Waals surface area contributed by atoms with E-state index in [1.54, 1.807) is 43.3 Å². The number of carboxylic acids is 1. The normalized spacial score (nSPS) is 10.4. The number of para-hydroxylation sites is 1. The summed E-state index contributed by atoms with van der Waals surface area (Å²) in [5.41, 5.74) is 1.25. The average Bonchev–Trinajstić information content (AvgIpc) is 2.81. The lowest BCUT2D eigenvalue weighted by atomic mass is 10.1. The molecule has 0 fully saturated rings. The van der Waals surface area contributed by atoms with Crippen molar-refractivity contribution < 1.29 is 38.0 Å². The Morgan fingerprint density at radius 1 is 0.882 bits per heavy atom. The molecule has 0 saturated carbocycles. The fraction of sp³-hybridized carbons (Fsp3) is 0.231. The van der Waals surface area contributed by atoms with E-state index >= 15 is 0 Å². The molecule has 0 bridgehead atoms. The Kier molecular flexibility index (Phi) is 8.85. The predicted molar refractivity (Wildman–Crippen MR) is 122 cm³/mol. The van der Waals surface area contributed by atoms with Gasteiger partial charge in [0.1, 0.15) is 23.9 Å². The third-order valence-electron chi connectivity index (χ3n) is 4.59. The van der Waals surface area contributed by atoms with Crippen molar-refractivity contribution >= 4 is 11.9 Å². The number of hydrogen-bond acceptors (Lipinski definition) is 6. The fourth-order valence-corrected chi connectivity index (χ4v) is 3.08. The van der Waals surface area contributed by atoms with Crippen LogP contribution in [-0.2, 0) is 27.4 Å². The van der Waals surface area contributed by atoms with Crippen LogP contribution >= 0.6 is 0 Å². The first-order valence-corrected chi connectivity index (χ1v) is 10.7. The molecule has 0 aromatic heterocycles. The minimum atomic E-state index is -1.11. The third-order valence-corrected chi connectivity index (χ3v) is 4.59. The molecular formula is C26H25FO7. The Hall–Kier alpha value is -4.07. The summed E-state index contributed by atoms with van der Waals surface area (Å²) >= 11 is 0.